The normalized spacial score (nSPS) is 14.7. The first-order valence-electron chi connectivity index (χ1n) is 12.3. The van der Waals surface area contributed by atoms with Crippen molar-refractivity contribution in [2.24, 2.45) is 0 Å². The molecule has 1 aliphatic rings. The summed E-state index contributed by atoms with van der Waals surface area (Å²) in [5.74, 6) is -0.315. The fraction of sp³-hybridized carbons (Fsp3) is 0.429. The number of amides is 1. The molecule has 0 unspecified atom stereocenters. The number of benzene rings is 2. The second-order valence-electron chi connectivity index (χ2n) is 8.53. The highest BCUT2D eigenvalue weighted by Crippen LogP contribution is 2.29. The first kappa shape index (κ1) is 25.5. The predicted octanol–water partition coefficient (Wildman–Crippen LogP) is 4.12. The monoisotopic (exact) mass is 460 g/mol. The van der Waals surface area contributed by atoms with Crippen molar-refractivity contribution in [2.45, 2.75) is 32.2 Å². The number of hydrogen-bond acceptors (Lipinski definition) is 5. The molecule has 0 bridgehead atoms. The molecule has 0 aliphatic carbocycles. The molecular formula is C28H36N4O2. The highest BCUT2D eigenvalue weighted by molar-refractivity contribution is 5.97. The number of ether oxygens (including phenoxy) is 1. The molecular weight excluding hydrogens is 424 g/mol. The van der Waals surface area contributed by atoms with Crippen molar-refractivity contribution < 1.29 is 9.53 Å². The summed E-state index contributed by atoms with van der Waals surface area (Å²) < 4.78 is 5.51. The van der Waals surface area contributed by atoms with E-state index in [9.17, 15) is 10.1 Å². The van der Waals surface area contributed by atoms with E-state index in [1.165, 1.54) is 11.1 Å². The molecule has 6 nitrogen and oxygen atoms in total. The number of carbonyl (C=O) groups excluding carboxylic acids is 1. The van der Waals surface area contributed by atoms with Gasteiger partial charge in [0.15, 0.2) is 0 Å². The van der Waals surface area contributed by atoms with Crippen LogP contribution in [0.3, 0.4) is 0 Å². The lowest BCUT2D eigenvalue weighted by Gasteiger charge is -2.39. The number of nitrogens with one attached hydrogen (secondary N) is 1. The SMILES string of the molecule is CCCCOCCCNC(=O)/C(C#N)=C\N1CCN(C(c2ccccc2)c2ccccc2)CC1. The number of carbonyl (C=O) groups is 1. The van der Waals surface area contributed by atoms with Crippen LogP contribution in [0.4, 0.5) is 0 Å². The van der Waals surface area contributed by atoms with Gasteiger partial charge >= 0.3 is 0 Å². The van der Waals surface area contributed by atoms with Crippen LogP contribution in [0.5, 0.6) is 0 Å². The zero-order valence-electron chi connectivity index (χ0n) is 20.2. The molecule has 1 heterocycles. The summed E-state index contributed by atoms with van der Waals surface area (Å²) in [6.45, 7) is 7.24. The molecule has 3 rings (SSSR count). The smallest absolute Gasteiger partial charge is 0.263 e. The molecule has 1 N–H and O–H groups in total. The number of rotatable bonds is 12. The summed E-state index contributed by atoms with van der Waals surface area (Å²) >= 11 is 0. The maximum absolute atomic E-state index is 12.4. The van der Waals surface area contributed by atoms with E-state index in [-0.39, 0.29) is 17.5 Å². The van der Waals surface area contributed by atoms with Crippen molar-refractivity contribution in [1.82, 2.24) is 15.1 Å². The molecule has 1 fully saturated rings. The topological polar surface area (TPSA) is 68.6 Å². The Labute approximate surface area is 203 Å². The molecule has 0 atom stereocenters. The van der Waals surface area contributed by atoms with Crippen LogP contribution >= 0.6 is 0 Å². The van der Waals surface area contributed by atoms with Crippen LogP contribution < -0.4 is 5.32 Å². The summed E-state index contributed by atoms with van der Waals surface area (Å²) in [5, 5.41) is 12.4. The number of piperazine rings is 1. The molecule has 6 heteroatoms. The molecule has 0 aromatic heterocycles. The van der Waals surface area contributed by atoms with Crippen LogP contribution in [-0.4, -0.2) is 61.6 Å². The lowest BCUT2D eigenvalue weighted by Crippen LogP contribution is -2.46. The zero-order valence-corrected chi connectivity index (χ0v) is 20.2. The van der Waals surface area contributed by atoms with Crippen LogP contribution in [0.15, 0.2) is 72.4 Å². The molecule has 1 aliphatic heterocycles. The van der Waals surface area contributed by atoms with E-state index in [0.717, 1.165) is 52.0 Å². The number of hydrogen-bond donors (Lipinski definition) is 1. The van der Waals surface area contributed by atoms with Gasteiger partial charge in [-0.25, -0.2) is 0 Å². The third kappa shape index (κ3) is 7.72. The fourth-order valence-corrected chi connectivity index (χ4v) is 4.15. The zero-order chi connectivity index (χ0) is 24.0. The Kier molecular flexibility index (Phi) is 10.6. The van der Waals surface area contributed by atoms with E-state index in [0.29, 0.717) is 13.2 Å². The Morgan fingerprint density at radius 3 is 2.15 bits per heavy atom. The standard InChI is InChI=1S/C28H36N4O2/c1-2-3-20-34-21-10-15-30-28(33)26(22-29)23-31-16-18-32(19-17-31)27(24-11-6-4-7-12-24)25-13-8-5-9-14-25/h4-9,11-14,23,27H,2-3,10,15-21H2,1H3,(H,30,33)/b26-23-. The van der Waals surface area contributed by atoms with Gasteiger partial charge in [-0.1, -0.05) is 74.0 Å². The van der Waals surface area contributed by atoms with Gasteiger partial charge in [0.1, 0.15) is 11.6 Å². The van der Waals surface area contributed by atoms with Crippen molar-refractivity contribution in [2.75, 3.05) is 45.9 Å². The van der Waals surface area contributed by atoms with E-state index >= 15 is 0 Å². The second kappa shape index (κ2) is 14.2. The van der Waals surface area contributed by atoms with Gasteiger partial charge in [0.2, 0.25) is 0 Å². The first-order valence-corrected chi connectivity index (χ1v) is 12.3. The Morgan fingerprint density at radius 2 is 1.59 bits per heavy atom. The highest BCUT2D eigenvalue weighted by atomic mass is 16.5. The summed E-state index contributed by atoms with van der Waals surface area (Å²) in [5.41, 5.74) is 2.70. The van der Waals surface area contributed by atoms with Gasteiger partial charge < -0.3 is 15.0 Å². The van der Waals surface area contributed by atoms with Crippen LogP contribution in [0.25, 0.3) is 0 Å². The summed E-state index contributed by atoms with van der Waals surface area (Å²) in [6, 6.07) is 23.4. The van der Waals surface area contributed by atoms with Gasteiger partial charge in [0.25, 0.3) is 5.91 Å². The molecule has 2 aromatic carbocycles. The van der Waals surface area contributed by atoms with Gasteiger partial charge in [-0.3, -0.25) is 9.69 Å². The Hall–Kier alpha value is -3.14. The van der Waals surface area contributed by atoms with Gasteiger partial charge in [0.05, 0.1) is 6.04 Å². The third-order valence-corrected chi connectivity index (χ3v) is 6.01. The minimum atomic E-state index is -0.315. The van der Waals surface area contributed by atoms with Crippen molar-refractivity contribution in [3.8, 4) is 6.07 Å². The minimum absolute atomic E-state index is 0.156. The van der Waals surface area contributed by atoms with E-state index in [1.807, 2.05) is 12.1 Å². The van der Waals surface area contributed by atoms with Crippen molar-refractivity contribution in [1.29, 1.82) is 5.26 Å². The second-order valence-corrected chi connectivity index (χ2v) is 8.53. The van der Waals surface area contributed by atoms with Crippen molar-refractivity contribution in [3.63, 3.8) is 0 Å². The van der Waals surface area contributed by atoms with Gasteiger partial charge in [-0.05, 0) is 24.0 Å². The predicted molar refractivity (Wildman–Crippen MR) is 135 cm³/mol. The Bertz CT molecular complexity index is 892. The largest absolute Gasteiger partial charge is 0.381 e. The molecule has 0 spiro atoms. The lowest BCUT2D eigenvalue weighted by molar-refractivity contribution is -0.117. The van der Waals surface area contributed by atoms with E-state index < -0.39 is 0 Å². The number of unbranched alkanes of at least 4 members (excludes halogenated alkanes) is 1. The average molecular weight is 461 g/mol. The lowest BCUT2D eigenvalue weighted by atomic mass is 9.96. The summed E-state index contributed by atoms with van der Waals surface area (Å²) in [4.78, 5) is 17.0. The van der Waals surface area contributed by atoms with Gasteiger partial charge in [-0.15, -0.1) is 0 Å². The maximum Gasteiger partial charge on any atom is 0.263 e. The molecule has 1 saturated heterocycles. The maximum atomic E-state index is 12.4. The summed E-state index contributed by atoms with van der Waals surface area (Å²) in [7, 11) is 0. The number of nitrogens with zero attached hydrogens (tertiary/aromatic N) is 3. The first-order chi connectivity index (χ1) is 16.7. The molecule has 0 saturated carbocycles. The Balaban J connectivity index is 1.54. The van der Waals surface area contributed by atoms with Crippen LogP contribution in [0, 0.1) is 11.3 Å². The van der Waals surface area contributed by atoms with Gasteiger partial charge in [-0.2, -0.15) is 5.26 Å². The van der Waals surface area contributed by atoms with E-state index in [4.69, 9.17) is 4.74 Å². The van der Waals surface area contributed by atoms with Gasteiger partial charge in [0, 0.05) is 52.1 Å². The molecule has 2 aromatic rings. The van der Waals surface area contributed by atoms with Crippen LogP contribution in [-0.2, 0) is 9.53 Å². The van der Waals surface area contributed by atoms with E-state index in [2.05, 4.69) is 76.6 Å². The molecule has 1 amide bonds. The average Bonchev–Trinajstić information content (AvgIpc) is 2.89. The van der Waals surface area contributed by atoms with Crippen molar-refractivity contribution >= 4 is 5.91 Å². The molecule has 34 heavy (non-hydrogen) atoms. The fourth-order valence-electron chi connectivity index (χ4n) is 4.15. The quantitative estimate of drug-likeness (QED) is 0.293. The number of nitriles is 1. The third-order valence-electron chi connectivity index (χ3n) is 6.01. The minimum Gasteiger partial charge on any atom is -0.381 e. The van der Waals surface area contributed by atoms with Crippen molar-refractivity contribution in [3.05, 3.63) is 83.6 Å². The molecule has 180 valence electrons. The van der Waals surface area contributed by atoms with Crippen LogP contribution in [0.1, 0.15) is 43.4 Å². The van der Waals surface area contributed by atoms with E-state index in [1.54, 1.807) is 6.20 Å². The highest BCUT2D eigenvalue weighted by Gasteiger charge is 2.26. The molecule has 0 radical (unpaired) electrons. The van der Waals surface area contributed by atoms with Crippen LogP contribution in [0.2, 0.25) is 0 Å². The summed E-state index contributed by atoms with van der Waals surface area (Å²) in [6.07, 6.45) is 4.62. The Morgan fingerprint density at radius 1 is 1.00 bits per heavy atom.